The molecular weight excluding hydrogens is 430 g/mol. The van der Waals surface area contributed by atoms with Crippen LogP contribution < -0.4 is 4.72 Å². The maximum absolute atomic E-state index is 12.6. The minimum absolute atomic E-state index is 0.241. The zero-order chi connectivity index (χ0) is 20.6. The average molecular weight is 448 g/mol. The number of thiazole rings is 1. The average Bonchev–Trinajstić information content (AvgIpc) is 3.42. The standard InChI is InChI=1S/C19H17N3O4S3/c1-2-12(19(23)24)15-10-28-18(21-15)14-9-11-5-3-6-13(17(11)20-14)22-29(25,26)16-7-4-8-27-16/h3-10,12,20,22H,2H2,1H3,(H,23,24). The first kappa shape index (κ1) is 19.6. The zero-order valence-corrected chi connectivity index (χ0v) is 17.7. The SMILES string of the molecule is CCC(C(=O)O)c1csc(-c2cc3cccc(NS(=O)(=O)c4cccs4)c3[nH]2)n1. The van der Waals surface area contributed by atoms with Crippen LogP contribution in [0.25, 0.3) is 21.6 Å². The Balaban J connectivity index is 1.70. The van der Waals surface area contributed by atoms with Crippen molar-refractivity contribution < 1.29 is 18.3 Å². The number of hydrogen-bond donors (Lipinski definition) is 3. The van der Waals surface area contributed by atoms with E-state index in [1.165, 1.54) is 11.3 Å². The molecule has 0 aliphatic heterocycles. The van der Waals surface area contributed by atoms with Crippen molar-refractivity contribution in [1.29, 1.82) is 0 Å². The first-order chi connectivity index (χ1) is 13.9. The van der Waals surface area contributed by atoms with Gasteiger partial charge in [0.1, 0.15) is 9.22 Å². The molecule has 10 heteroatoms. The molecule has 0 bridgehead atoms. The molecule has 4 aromatic rings. The molecule has 3 heterocycles. The predicted octanol–water partition coefficient (Wildman–Crippen LogP) is 4.73. The van der Waals surface area contributed by atoms with Gasteiger partial charge in [0.15, 0.2) is 0 Å². The minimum atomic E-state index is -3.67. The lowest BCUT2D eigenvalue weighted by molar-refractivity contribution is -0.138. The summed E-state index contributed by atoms with van der Waals surface area (Å²) in [5.41, 5.74) is 2.32. The molecule has 1 aromatic carbocycles. The third-order valence-electron chi connectivity index (χ3n) is 4.48. The fourth-order valence-corrected chi connectivity index (χ4v) is 5.96. The summed E-state index contributed by atoms with van der Waals surface area (Å²) in [5.74, 6) is -1.54. The lowest BCUT2D eigenvalue weighted by Crippen LogP contribution is -2.11. The first-order valence-corrected chi connectivity index (χ1v) is 12.0. The number of aromatic amines is 1. The second-order valence-electron chi connectivity index (χ2n) is 6.37. The Morgan fingerprint density at radius 3 is 2.79 bits per heavy atom. The topological polar surface area (TPSA) is 112 Å². The number of nitrogens with zero attached hydrogens (tertiary/aromatic N) is 1. The van der Waals surface area contributed by atoms with Gasteiger partial charge in [-0.2, -0.15) is 0 Å². The molecule has 0 aliphatic carbocycles. The van der Waals surface area contributed by atoms with Gasteiger partial charge in [-0.1, -0.05) is 25.1 Å². The number of benzene rings is 1. The third-order valence-corrected chi connectivity index (χ3v) is 8.13. The number of anilines is 1. The van der Waals surface area contributed by atoms with Crippen LogP contribution in [0.1, 0.15) is 25.0 Å². The molecule has 0 saturated carbocycles. The van der Waals surface area contributed by atoms with Gasteiger partial charge in [-0.05, 0) is 30.0 Å². The molecule has 3 N–H and O–H groups in total. The number of carbonyl (C=O) groups is 1. The van der Waals surface area contributed by atoms with Crippen LogP contribution in [0, 0.1) is 0 Å². The number of carboxylic acid groups (broad SMARTS) is 1. The number of aromatic nitrogens is 2. The van der Waals surface area contributed by atoms with Crippen LogP contribution in [-0.2, 0) is 14.8 Å². The van der Waals surface area contributed by atoms with Crippen molar-refractivity contribution in [3.63, 3.8) is 0 Å². The Labute approximate surface area is 175 Å². The lowest BCUT2D eigenvalue weighted by atomic mass is 10.0. The summed E-state index contributed by atoms with van der Waals surface area (Å²) >= 11 is 2.50. The van der Waals surface area contributed by atoms with E-state index in [0.717, 1.165) is 16.7 Å². The summed E-state index contributed by atoms with van der Waals surface area (Å²) < 4.78 is 28.0. The predicted molar refractivity (Wildman–Crippen MR) is 115 cm³/mol. The summed E-state index contributed by atoms with van der Waals surface area (Å²) in [6.07, 6.45) is 0.458. The maximum atomic E-state index is 12.6. The van der Waals surface area contributed by atoms with Gasteiger partial charge in [-0.15, -0.1) is 22.7 Å². The number of rotatable bonds is 7. The van der Waals surface area contributed by atoms with E-state index in [9.17, 15) is 18.3 Å². The van der Waals surface area contributed by atoms with E-state index in [1.54, 1.807) is 35.0 Å². The molecular formula is C19H17N3O4S3. The minimum Gasteiger partial charge on any atom is -0.481 e. The van der Waals surface area contributed by atoms with Gasteiger partial charge in [-0.25, -0.2) is 13.4 Å². The van der Waals surface area contributed by atoms with E-state index in [4.69, 9.17) is 0 Å². The van der Waals surface area contributed by atoms with Crippen molar-refractivity contribution in [2.75, 3.05) is 4.72 Å². The smallest absolute Gasteiger partial charge is 0.312 e. The molecule has 0 fully saturated rings. The molecule has 3 aromatic heterocycles. The quantitative estimate of drug-likeness (QED) is 0.379. The number of aliphatic carboxylic acids is 1. The van der Waals surface area contributed by atoms with Gasteiger partial charge in [0.25, 0.3) is 10.0 Å². The summed E-state index contributed by atoms with van der Waals surface area (Å²) in [5, 5.41) is 14.3. The van der Waals surface area contributed by atoms with Crippen molar-refractivity contribution >= 4 is 55.3 Å². The number of thiophene rings is 1. The van der Waals surface area contributed by atoms with Crippen molar-refractivity contribution in [2.45, 2.75) is 23.5 Å². The number of sulfonamides is 1. The van der Waals surface area contributed by atoms with Gasteiger partial charge in [0.2, 0.25) is 0 Å². The highest BCUT2D eigenvalue weighted by Crippen LogP contribution is 2.33. The molecule has 0 amide bonds. The number of carboxylic acids is 1. The van der Waals surface area contributed by atoms with E-state index < -0.39 is 21.9 Å². The summed E-state index contributed by atoms with van der Waals surface area (Å²) in [4.78, 5) is 19.1. The van der Waals surface area contributed by atoms with Gasteiger partial charge in [-0.3, -0.25) is 9.52 Å². The summed E-state index contributed by atoms with van der Waals surface area (Å²) in [6, 6.07) is 10.5. The Bertz CT molecular complexity index is 1270. The molecule has 4 rings (SSSR count). The number of fused-ring (bicyclic) bond motifs is 1. The summed E-state index contributed by atoms with van der Waals surface area (Å²) in [7, 11) is -3.67. The van der Waals surface area contributed by atoms with Crippen LogP contribution >= 0.6 is 22.7 Å². The Morgan fingerprint density at radius 1 is 1.28 bits per heavy atom. The van der Waals surface area contributed by atoms with Crippen molar-refractivity contribution in [1.82, 2.24) is 9.97 Å². The molecule has 0 spiro atoms. The number of para-hydroxylation sites is 1. The van der Waals surface area contributed by atoms with E-state index in [-0.39, 0.29) is 4.21 Å². The molecule has 7 nitrogen and oxygen atoms in total. The maximum Gasteiger partial charge on any atom is 0.312 e. The van der Waals surface area contributed by atoms with Crippen LogP contribution in [0.4, 0.5) is 5.69 Å². The molecule has 0 radical (unpaired) electrons. The van der Waals surface area contributed by atoms with Gasteiger partial charge in [0, 0.05) is 10.8 Å². The van der Waals surface area contributed by atoms with E-state index in [1.807, 2.05) is 19.1 Å². The largest absolute Gasteiger partial charge is 0.481 e. The Morgan fingerprint density at radius 2 is 2.10 bits per heavy atom. The van der Waals surface area contributed by atoms with Crippen LogP contribution in [0.15, 0.2) is 51.4 Å². The van der Waals surface area contributed by atoms with Crippen LogP contribution in [-0.4, -0.2) is 29.5 Å². The van der Waals surface area contributed by atoms with Crippen LogP contribution in [0.2, 0.25) is 0 Å². The first-order valence-electron chi connectivity index (χ1n) is 8.75. The van der Waals surface area contributed by atoms with Crippen molar-refractivity contribution in [3.05, 3.63) is 52.9 Å². The van der Waals surface area contributed by atoms with Gasteiger partial charge < -0.3 is 10.1 Å². The number of H-pyrrole nitrogens is 1. The Kier molecular flexibility index (Phi) is 5.15. The van der Waals surface area contributed by atoms with E-state index in [0.29, 0.717) is 34.0 Å². The van der Waals surface area contributed by atoms with Crippen molar-refractivity contribution in [2.24, 2.45) is 0 Å². The lowest BCUT2D eigenvalue weighted by Gasteiger charge is -2.07. The highest BCUT2D eigenvalue weighted by atomic mass is 32.2. The molecule has 150 valence electrons. The summed E-state index contributed by atoms with van der Waals surface area (Å²) in [6.45, 7) is 1.81. The molecule has 0 aliphatic rings. The monoisotopic (exact) mass is 447 g/mol. The Hall–Kier alpha value is -2.69. The molecule has 1 unspecified atom stereocenters. The van der Waals surface area contributed by atoms with E-state index >= 15 is 0 Å². The second-order valence-corrected chi connectivity index (χ2v) is 10.1. The molecule has 1 atom stereocenters. The van der Waals surface area contributed by atoms with Crippen molar-refractivity contribution in [3.8, 4) is 10.7 Å². The van der Waals surface area contributed by atoms with Crippen LogP contribution in [0.3, 0.4) is 0 Å². The van der Waals surface area contributed by atoms with E-state index in [2.05, 4.69) is 14.7 Å². The highest BCUT2D eigenvalue weighted by molar-refractivity contribution is 7.94. The fraction of sp³-hybridized carbons (Fsp3) is 0.158. The third kappa shape index (κ3) is 3.78. The highest BCUT2D eigenvalue weighted by Gasteiger charge is 2.22. The second kappa shape index (κ2) is 7.62. The molecule has 0 saturated heterocycles. The molecule has 29 heavy (non-hydrogen) atoms. The van der Waals surface area contributed by atoms with Crippen LogP contribution in [0.5, 0.6) is 0 Å². The normalized spacial score (nSPS) is 12.9. The van der Waals surface area contributed by atoms with Gasteiger partial charge in [0.05, 0.1) is 28.5 Å². The number of nitrogens with one attached hydrogen (secondary N) is 2. The van der Waals surface area contributed by atoms with Gasteiger partial charge >= 0.3 is 5.97 Å². The number of hydrogen-bond acceptors (Lipinski definition) is 6. The fourth-order valence-electron chi connectivity index (χ4n) is 3.05. The zero-order valence-electron chi connectivity index (χ0n) is 15.2.